The molecule has 144 valence electrons. The minimum atomic E-state index is -0.549. The molecule has 8 heteroatoms. The third kappa shape index (κ3) is 2.64. The van der Waals surface area contributed by atoms with Crippen LogP contribution in [0.1, 0.15) is 20.1 Å². The Morgan fingerprint density at radius 3 is 2.86 bits per heavy atom. The van der Waals surface area contributed by atoms with E-state index in [-0.39, 0.29) is 18.1 Å². The van der Waals surface area contributed by atoms with Crippen LogP contribution in [0.2, 0.25) is 0 Å². The van der Waals surface area contributed by atoms with Gasteiger partial charge in [0.05, 0.1) is 16.9 Å². The Hall–Kier alpha value is -3.52. The van der Waals surface area contributed by atoms with Crippen LogP contribution in [0.5, 0.6) is 0 Å². The second kappa shape index (κ2) is 6.25. The van der Waals surface area contributed by atoms with Crippen molar-refractivity contribution in [2.45, 2.75) is 13.5 Å². The number of primary amides is 1. The molecule has 5 rings (SSSR count). The lowest BCUT2D eigenvalue weighted by atomic mass is 10.1. The molecule has 0 radical (unpaired) electrons. The first-order valence-corrected chi connectivity index (χ1v) is 9.64. The summed E-state index contributed by atoms with van der Waals surface area (Å²) in [6.07, 6.45) is 1.55. The van der Waals surface area contributed by atoms with Crippen LogP contribution in [0.15, 0.2) is 51.8 Å². The van der Waals surface area contributed by atoms with Gasteiger partial charge in [-0.2, -0.15) is 0 Å². The fourth-order valence-electron chi connectivity index (χ4n) is 3.68. The van der Waals surface area contributed by atoms with Gasteiger partial charge in [-0.15, -0.1) is 11.3 Å². The molecule has 0 bridgehead atoms. The van der Waals surface area contributed by atoms with E-state index < -0.39 is 11.5 Å². The van der Waals surface area contributed by atoms with E-state index >= 15 is 0 Å². The van der Waals surface area contributed by atoms with Crippen molar-refractivity contribution in [3.8, 4) is 0 Å². The van der Waals surface area contributed by atoms with Crippen molar-refractivity contribution < 1.29 is 13.6 Å². The third-order valence-electron chi connectivity index (χ3n) is 4.99. The summed E-state index contributed by atoms with van der Waals surface area (Å²) in [5.74, 6) is -0.876. The van der Waals surface area contributed by atoms with Crippen LogP contribution in [0.3, 0.4) is 0 Å². The van der Waals surface area contributed by atoms with Gasteiger partial charge in [-0.25, -0.2) is 14.2 Å². The lowest BCUT2D eigenvalue weighted by Crippen LogP contribution is -2.09. The number of amides is 1. The number of nitrogens with two attached hydrogens (primary N) is 1. The summed E-state index contributed by atoms with van der Waals surface area (Å²) in [5.41, 5.74) is 6.42. The van der Waals surface area contributed by atoms with E-state index in [9.17, 15) is 14.0 Å². The molecule has 0 atom stereocenters. The largest absolute Gasteiger partial charge is 0.402 e. The highest BCUT2D eigenvalue weighted by atomic mass is 32.1. The quantitative estimate of drug-likeness (QED) is 0.490. The average molecular weight is 407 g/mol. The molecule has 0 spiro atoms. The predicted molar refractivity (Wildman–Crippen MR) is 110 cm³/mol. The van der Waals surface area contributed by atoms with Gasteiger partial charge >= 0.3 is 5.63 Å². The molecule has 1 aromatic carbocycles. The monoisotopic (exact) mass is 407 g/mol. The zero-order chi connectivity index (χ0) is 20.3. The predicted octanol–water partition coefficient (Wildman–Crippen LogP) is 3.95. The highest BCUT2D eigenvalue weighted by molar-refractivity contribution is 7.14. The number of halogens is 1. The first kappa shape index (κ1) is 17.6. The van der Waals surface area contributed by atoms with E-state index in [1.54, 1.807) is 42.0 Å². The fraction of sp³-hybridized carbons (Fsp3) is 0.0952. The molecule has 0 fully saturated rings. The van der Waals surface area contributed by atoms with Gasteiger partial charge in [-0.05, 0) is 48.9 Å². The first-order chi connectivity index (χ1) is 13.9. The van der Waals surface area contributed by atoms with E-state index in [0.29, 0.717) is 32.2 Å². The Balaban J connectivity index is 1.90. The zero-order valence-electron chi connectivity index (χ0n) is 15.2. The Morgan fingerprint density at radius 2 is 2.10 bits per heavy atom. The van der Waals surface area contributed by atoms with Crippen molar-refractivity contribution in [1.29, 1.82) is 0 Å². The summed E-state index contributed by atoms with van der Waals surface area (Å²) < 4.78 is 21.6. The first-order valence-electron chi connectivity index (χ1n) is 8.82. The molecule has 5 aromatic rings. The topological polar surface area (TPSA) is 91.1 Å². The number of carbonyl (C=O) groups is 1. The standard InChI is InChI=1S/C21H14FN3O3S/c1-10-7-13-15(8-14(10)22)25(9-11-4-5-16(29-11)19(23)26)18-17(13)12-3-2-6-24-20(12)28-21(18)27/h2-8H,9H2,1H3,(H2,23,26). The minimum Gasteiger partial charge on any atom is -0.402 e. The van der Waals surface area contributed by atoms with Crippen molar-refractivity contribution in [2.24, 2.45) is 5.73 Å². The number of fused-ring (bicyclic) bond motifs is 5. The highest BCUT2D eigenvalue weighted by Gasteiger charge is 2.20. The van der Waals surface area contributed by atoms with Crippen molar-refractivity contribution in [3.63, 3.8) is 0 Å². The summed E-state index contributed by atoms with van der Waals surface area (Å²) >= 11 is 1.24. The Morgan fingerprint density at radius 1 is 1.28 bits per heavy atom. The molecule has 29 heavy (non-hydrogen) atoms. The van der Waals surface area contributed by atoms with Crippen LogP contribution < -0.4 is 11.4 Å². The van der Waals surface area contributed by atoms with E-state index in [1.165, 1.54) is 17.4 Å². The Labute approximate surface area is 167 Å². The second-order valence-electron chi connectivity index (χ2n) is 6.80. The molecule has 4 heterocycles. The highest BCUT2D eigenvalue weighted by Crippen LogP contribution is 2.34. The van der Waals surface area contributed by atoms with Crippen molar-refractivity contribution >= 4 is 50.1 Å². The molecule has 0 saturated heterocycles. The van der Waals surface area contributed by atoms with Gasteiger partial charge in [0.25, 0.3) is 5.91 Å². The molecule has 6 nitrogen and oxygen atoms in total. The van der Waals surface area contributed by atoms with E-state index in [0.717, 1.165) is 10.3 Å². The van der Waals surface area contributed by atoms with E-state index in [4.69, 9.17) is 10.2 Å². The van der Waals surface area contributed by atoms with Gasteiger partial charge in [0.2, 0.25) is 5.71 Å². The van der Waals surface area contributed by atoms with Crippen LogP contribution in [-0.4, -0.2) is 15.5 Å². The minimum absolute atomic E-state index is 0.234. The maximum Gasteiger partial charge on any atom is 0.362 e. The number of rotatable bonds is 3. The number of carbonyl (C=O) groups excluding carboxylic acids is 1. The van der Waals surface area contributed by atoms with E-state index in [1.807, 2.05) is 6.07 Å². The summed E-state index contributed by atoms with van der Waals surface area (Å²) in [6, 6.07) is 10.2. The van der Waals surface area contributed by atoms with Crippen LogP contribution in [-0.2, 0) is 6.54 Å². The molecule has 4 aromatic heterocycles. The van der Waals surface area contributed by atoms with Crippen LogP contribution >= 0.6 is 11.3 Å². The summed E-state index contributed by atoms with van der Waals surface area (Å²) in [7, 11) is 0. The lowest BCUT2D eigenvalue weighted by molar-refractivity contribution is 0.100. The van der Waals surface area contributed by atoms with Crippen LogP contribution in [0.4, 0.5) is 4.39 Å². The number of pyridine rings is 1. The van der Waals surface area contributed by atoms with Crippen LogP contribution in [0, 0.1) is 12.7 Å². The molecule has 0 aliphatic carbocycles. The normalized spacial score (nSPS) is 11.7. The molecule has 1 amide bonds. The SMILES string of the molecule is Cc1cc2c3c4cccnc4oc(=O)c3n(Cc3ccc(C(N)=O)s3)c2cc1F. The number of benzene rings is 1. The van der Waals surface area contributed by atoms with Crippen molar-refractivity contribution in [2.75, 3.05) is 0 Å². The van der Waals surface area contributed by atoms with Crippen molar-refractivity contribution in [1.82, 2.24) is 9.55 Å². The number of thiophene rings is 1. The van der Waals surface area contributed by atoms with Gasteiger partial charge < -0.3 is 14.7 Å². The molecule has 2 N–H and O–H groups in total. The van der Waals surface area contributed by atoms with Gasteiger partial charge in [0.15, 0.2) is 0 Å². The zero-order valence-corrected chi connectivity index (χ0v) is 16.0. The summed E-state index contributed by atoms with van der Waals surface area (Å²) in [5, 5.41) is 2.10. The van der Waals surface area contributed by atoms with Gasteiger partial charge in [0.1, 0.15) is 11.3 Å². The molecular formula is C21H14FN3O3S. The average Bonchev–Trinajstić information content (AvgIpc) is 3.27. The van der Waals surface area contributed by atoms with Gasteiger partial charge in [-0.1, -0.05) is 0 Å². The van der Waals surface area contributed by atoms with Crippen molar-refractivity contribution in [3.05, 3.63) is 74.2 Å². The molecule has 0 aliphatic heterocycles. The number of hydrogen-bond acceptors (Lipinski definition) is 5. The number of nitrogens with zero attached hydrogens (tertiary/aromatic N) is 2. The van der Waals surface area contributed by atoms with Crippen LogP contribution in [0.25, 0.3) is 32.9 Å². The molecule has 0 aliphatic rings. The smallest absolute Gasteiger partial charge is 0.362 e. The molecular weight excluding hydrogens is 393 g/mol. The van der Waals surface area contributed by atoms with Gasteiger partial charge in [0, 0.05) is 27.2 Å². The van der Waals surface area contributed by atoms with Gasteiger partial charge in [-0.3, -0.25) is 4.79 Å². The summed E-state index contributed by atoms with van der Waals surface area (Å²) in [6.45, 7) is 1.96. The maximum absolute atomic E-state index is 14.4. The molecule has 0 unspecified atom stereocenters. The molecule has 0 saturated carbocycles. The third-order valence-corrected chi connectivity index (χ3v) is 6.07. The Kier molecular flexibility index (Phi) is 3.78. The lowest BCUT2D eigenvalue weighted by Gasteiger charge is -2.06. The summed E-state index contributed by atoms with van der Waals surface area (Å²) in [4.78, 5) is 29.7. The van der Waals surface area contributed by atoms with E-state index in [2.05, 4.69) is 4.98 Å². The number of aryl methyl sites for hydroxylation is 1. The maximum atomic E-state index is 14.4. The second-order valence-corrected chi connectivity index (χ2v) is 7.97. The number of hydrogen-bond donors (Lipinski definition) is 1. The fourth-order valence-corrected chi connectivity index (χ4v) is 4.53. The number of aromatic nitrogens is 2. The Bertz CT molecular complexity index is 1510.